The minimum absolute atomic E-state index is 0.239. The van der Waals surface area contributed by atoms with Crippen molar-refractivity contribution in [2.45, 2.75) is 19.4 Å². The molecule has 0 radical (unpaired) electrons. The first-order valence-electron chi connectivity index (χ1n) is 6.00. The van der Waals surface area contributed by atoms with Crippen LogP contribution < -0.4 is 0 Å². The monoisotopic (exact) mass is 264 g/mol. The van der Waals surface area contributed by atoms with Gasteiger partial charge in [-0.3, -0.25) is 4.79 Å². The van der Waals surface area contributed by atoms with Gasteiger partial charge < -0.3 is 9.64 Å². The molecule has 0 saturated heterocycles. The van der Waals surface area contributed by atoms with Gasteiger partial charge in [-0.2, -0.15) is 5.26 Å². The maximum absolute atomic E-state index is 13.1. The number of esters is 1. The summed E-state index contributed by atoms with van der Waals surface area (Å²) in [5, 5.41) is 8.95. The van der Waals surface area contributed by atoms with Gasteiger partial charge >= 0.3 is 5.97 Å². The average molecular weight is 264 g/mol. The molecule has 0 aliphatic carbocycles. The molecule has 5 heteroatoms. The highest BCUT2D eigenvalue weighted by Gasteiger charge is 2.08. The Morgan fingerprint density at radius 1 is 1.53 bits per heavy atom. The molecule has 0 aliphatic heterocycles. The lowest BCUT2D eigenvalue weighted by Gasteiger charge is -2.17. The standard InChI is InChI=1S/C14H17FN2O2/c1-17(7-3-4-14(18)19-2)10-12-8-13(15)6-5-11(12)9-16/h5-6,8H,3-4,7,10H2,1-2H3. The third-order valence-electron chi connectivity index (χ3n) is 2.78. The molecule has 0 atom stereocenters. The minimum atomic E-state index is -0.350. The first-order valence-corrected chi connectivity index (χ1v) is 6.00. The smallest absolute Gasteiger partial charge is 0.305 e. The topological polar surface area (TPSA) is 53.3 Å². The van der Waals surface area contributed by atoms with Crippen molar-refractivity contribution < 1.29 is 13.9 Å². The molecule has 1 aromatic rings. The van der Waals surface area contributed by atoms with Crippen LogP contribution in [0.1, 0.15) is 24.0 Å². The van der Waals surface area contributed by atoms with Crippen molar-refractivity contribution in [1.29, 1.82) is 5.26 Å². The van der Waals surface area contributed by atoms with Crippen LogP contribution in [0.25, 0.3) is 0 Å². The molecule has 102 valence electrons. The number of ether oxygens (including phenoxy) is 1. The first kappa shape index (κ1) is 15.1. The van der Waals surface area contributed by atoms with Gasteiger partial charge in [-0.15, -0.1) is 0 Å². The van der Waals surface area contributed by atoms with Gasteiger partial charge in [0.2, 0.25) is 0 Å². The van der Waals surface area contributed by atoms with E-state index in [1.807, 2.05) is 18.0 Å². The Balaban J connectivity index is 2.52. The quantitative estimate of drug-likeness (QED) is 0.738. The molecule has 0 spiro atoms. The van der Waals surface area contributed by atoms with Crippen molar-refractivity contribution in [2.24, 2.45) is 0 Å². The Kier molecular flexibility index (Phi) is 5.97. The van der Waals surface area contributed by atoms with Crippen molar-refractivity contribution in [3.8, 4) is 6.07 Å². The zero-order chi connectivity index (χ0) is 14.3. The van der Waals surface area contributed by atoms with Crippen LogP contribution in [0.5, 0.6) is 0 Å². The van der Waals surface area contributed by atoms with Crippen LogP contribution >= 0.6 is 0 Å². The fourth-order valence-corrected chi connectivity index (χ4v) is 1.77. The summed E-state index contributed by atoms with van der Waals surface area (Å²) < 4.78 is 17.7. The second kappa shape index (κ2) is 7.49. The highest BCUT2D eigenvalue weighted by atomic mass is 19.1. The lowest BCUT2D eigenvalue weighted by molar-refractivity contribution is -0.140. The van der Waals surface area contributed by atoms with Crippen molar-refractivity contribution >= 4 is 5.97 Å². The van der Waals surface area contributed by atoms with E-state index in [1.54, 1.807) is 0 Å². The molecule has 0 bridgehead atoms. The van der Waals surface area contributed by atoms with E-state index >= 15 is 0 Å². The number of nitrogens with zero attached hydrogens (tertiary/aromatic N) is 2. The predicted molar refractivity (Wildman–Crippen MR) is 68.7 cm³/mol. The summed E-state index contributed by atoms with van der Waals surface area (Å²) in [6.07, 6.45) is 1.02. The fourth-order valence-electron chi connectivity index (χ4n) is 1.77. The summed E-state index contributed by atoms with van der Waals surface area (Å²) in [6, 6.07) is 6.17. The zero-order valence-corrected chi connectivity index (χ0v) is 11.1. The van der Waals surface area contributed by atoms with Gasteiger partial charge in [-0.25, -0.2) is 4.39 Å². The summed E-state index contributed by atoms with van der Waals surface area (Å²) in [4.78, 5) is 12.9. The predicted octanol–water partition coefficient (Wildman–Crippen LogP) is 2.08. The molecule has 0 amide bonds. The van der Waals surface area contributed by atoms with E-state index in [0.717, 1.165) is 0 Å². The molecule has 19 heavy (non-hydrogen) atoms. The number of halogens is 1. The number of rotatable bonds is 6. The molecule has 0 aromatic heterocycles. The molecule has 0 unspecified atom stereocenters. The van der Waals surface area contributed by atoms with Crippen LogP contribution in [-0.4, -0.2) is 31.6 Å². The Morgan fingerprint density at radius 3 is 2.89 bits per heavy atom. The lowest BCUT2D eigenvalue weighted by atomic mass is 10.1. The van der Waals surface area contributed by atoms with Crippen LogP contribution in [0.2, 0.25) is 0 Å². The summed E-state index contributed by atoms with van der Waals surface area (Å²) in [5.74, 6) is -0.589. The van der Waals surface area contributed by atoms with E-state index in [1.165, 1.54) is 25.3 Å². The fraction of sp³-hybridized carbons (Fsp3) is 0.429. The van der Waals surface area contributed by atoms with Gasteiger partial charge in [0, 0.05) is 13.0 Å². The second-order valence-electron chi connectivity index (χ2n) is 4.33. The second-order valence-corrected chi connectivity index (χ2v) is 4.33. The SMILES string of the molecule is COC(=O)CCCN(C)Cc1cc(F)ccc1C#N. The highest BCUT2D eigenvalue weighted by Crippen LogP contribution is 2.12. The largest absolute Gasteiger partial charge is 0.469 e. The van der Waals surface area contributed by atoms with Gasteiger partial charge in [0.25, 0.3) is 0 Å². The number of benzene rings is 1. The number of carbonyl (C=O) groups excluding carboxylic acids is 1. The van der Waals surface area contributed by atoms with E-state index in [0.29, 0.717) is 37.1 Å². The molecule has 1 aromatic carbocycles. The van der Waals surface area contributed by atoms with Crippen molar-refractivity contribution in [1.82, 2.24) is 4.90 Å². The highest BCUT2D eigenvalue weighted by molar-refractivity contribution is 5.69. The van der Waals surface area contributed by atoms with Crippen LogP contribution in [0.15, 0.2) is 18.2 Å². The summed E-state index contributed by atoms with van der Waals surface area (Å²) in [6.45, 7) is 1.15. The van der Waals surface area contributed by atoms with Crippen LogP contribution in [0, 0.1) is 17.1 Å². The molecule has 0 saturated carbocycles. The Labute approximate surface area is 112 Å². The molecule has 0 N–H and O–H groups in total. The normalized spacial score (nSPS) is 10.3. The van der Waals surface area contributed by atoms with Gasteiger partial charge in [0.1, 0.15) is 5.82 Å². The Hall–Kier alpha value is -1.93. The zero-order valence-electron chi connectivity index (χ0n) is 11.1. The molecule has 4 nitrogen and oxygen atoms in total. The Bertz CT molecular complexity index is 483. The van der Waals surface area contributed by atoms with Gasteiger partial charge in [0.05, 0.1) is 18.7 Å². The van der Waals surface area contributed by atoms with E-state index in [9.17, 15) is 9.18 Å². The maximum atomic E-state index is 13.1. The minimum Gasteiger partial charge on any atom is -0.469 e. The molecular weight excluding hydrogens is 247 g/mol. The first-order chi connectivity index (χ1) is 9.06. The number of carbonyl (C=O) groups is 1. The van der Waals surface area contributed by atoms with Crippen molar-refractivity contribution in [2.75, 3.05) is 20.7 Å². The van der Waals surface area contributed by atoms with Crippen molar-refractivity contribution in [3.05, 3.63) is 35.1 Å². The molecular formula is C14H17FN2O2. The van der Waals surface area contributed by atoms with E-state index in [-0.39, 0.29) is 11.8 Å². The van der Waals surface area contributed by atoms with E-state index in [2.05, 4.69) is 4.74 Å². The van der Waals surface area contributed by atoms with Crippen LogP contribution in [0.4, 0.5) is 4.39 Å². The van der Waals surface area contributed by atoms with E-state index < -0.39 is 0 Å². The molecule has 1 rings (SSSR count). The van der Waals surface area contributed by atoms with Crippen molar-refractivity contribution in [3.63, 3.8) is 0 Å². The average Bonchev–Trinajstić information content (AvgIpc) is 2.38. The molecule has 0 fully saturated rings. The summed E-state index contributed by atoms with van der Waals surface area (Å²) >= 11 is 0. The summed E-state index contributed by atoms with van der Waals surface area (Å²) in [7, 11) is 3.22. The lowest BCUT2D eigenvalue weighted by Crippen LogP contribution is -2.20. The molecule has 0 heterocycles. The van der Waals surface area contributed by atoms with Gasteiger partial charge in [0.15, 0.2) is 0 Å². The summed E-state index contributed by atoms with van der Waals surface area (Å²) in [5.41, 5.74) is 1.13. The van der Waals surface area contributed by atoms with Crippen LogP contribution in [0.3, 0.4) is 0 Å². The van der Waals surface area contributed by atoms with Crippen LogP contribution in [-0.2, 0) is 16.1 Å². The molecule has 0 aliphatic rings. The van der Waals surface area contributed by atoms with Gasteiger partial charge in [-0.1, -0.05) is 0 Å². The number of hydrogen-bond acceptors (Lipinski definition) is 4. The third-order valence-corrected chi connectivity index (χ3v) is 2.78. The van der Waals surface area contributed by atoms with E-state index in [4.69, 9.17) is 5.26 Å². The number of nitriles is 1. The third kappa shape index (κ3) is 5.06. The Morgan fingerprint density at radius 2 is 2.26 bits per heavy atom. The maximum Gasteiger partial charge on any atom is 0.305 e. The number of methoxy groups -OCH3 is 1. The number of hydrogen-bond donors (Lipinski definition) is 0. The van der Waals surface area contributed by atoms with Gasteiger partial charge in [-0.05, 0) is 43.8 Å².